The molecule has 0 atom stereocenters. The predicted octanol–water partition coefficient (Wildman–Crippen LogP) is 5.05. The molecular formula is C23H18F3N3O2. The highest BCUT2D eigenvalue weighted by atomic mass is 19.1. The number of nitrogens with one attached hydrogen (secondary N) is 2. The molecular weight excluding hydrogens is 407 g/mol. The maximum atomic E-state index is 14.4. The van der Waals surface area contributed by atoms with Gasteiger partial charge in [-0.1, -0.05) is 0 Å². The smallest absolute Gasteiger partial charge is 0.223 e. The molecule has 2 N–H and O–H groups in total. The van der Waals surface area contributed by atoms with Crippen LogP contribution in [0.1, 0.15) is 30.1 Å². The minimum atomic E-state index is -0.690. The minimum absolute atomic E-state index is 0.0592. The average molecular weight is 425 g/mol. The van der Waals surface area contributed by atoms with E-state index in [1.165, 1.54) is 30.8 Å². The fourth-order valence-corrected chi connectivity index (χ4v) is 4.22. The third kappa shape index (κ3) is 3.58. The molecule has 1 saturated carbocycles. The van der Waals surface area contributed by atoms with Crippen LogP contribution >= 0.6 is 0 Å². The summed E-state index contributed by atoms with van der Waals surface area (Å²) in [5.74, 6) is -1.56. The number of fused-ring (bicyclic) bond motifs is 1. The zero-order valence-corrected chi connectivity index (χ0v) is 16.3. The fraction of sp³-hybridized carbons (Fsp3) is 0.217. The first-order chi connectivity index (χ1) is 15.0. The zero-order chi connectivity index (χ0) is 21.5. The van der Waals surface area contributed by atoms with Gasteiger partial charge in [0, 0.05) is 17.4 Å². The van der Waals surface area contributed by atoms with Crippen molar-refractivity contribution in [2.45, 2.75) is 25.3 Å². The highest BCUT2D eigenvalue weighted by Crippen LogP contribution is 2.48. The number of nitrogens with zero attached hydrogens (tertiary/aromatic N) is 1. The lowest BCUT2D eigenvalue weighted by molar-refractivity contribution is -0.128. The molecule has 2 aromatic carbocycles. The largest absolute Gasteiger partial charge is 0.447 e. The second kappa shape index (κ2) is 7.61. The van der Waals surface area contributed by atoms with Gasteiger partial charge in [-0.3, -0.25) is 4.79 Å². The number of halogens is 3. The van der Waals surface area contributed by atoms with Crippen LogP contribution in [0.4, 0.5) is 13.2 Å². The van der Waals surface area contributed by atoms with Crippen molar-refractivity contribution < 1.29 is 22.4 Å². The van der Waals surface area contributed by atoms with E-state index >= 15 is 0 Å². The Morgan fingerprint density at radius 2 is 1.90 bits per heavy atom. The van der Waals surface area contributed by atoms with Crippen molar-refractivity contribution in [1.82, 2.24) is 15.3 Å². The van der Waals surface area contributed by atoms with E-state index in [4.69, 9.17) is 4.42 Å². The quantitative estimate of drug-likeness (QED) is 0.470. The van der Waals surface area contributed by atoms with E-state index in [0.717, 1.165) is 11.6 Å². The van der Waals surface area contributed by atoms with Crippen molar-refractivity contribution in [3.8, 4) is 11.3 Å². The van der Waals surface area contributed by atoms with Crippen molar-refractivity contribution in [3.05, 3.63) is 77.8 Å². The summed E-state index contributed by atoms with van der Waals surface area (Å²) in [5, 5.41) is 3.27. The van der Waals surface area contributed by atoms with Crippen LogP contribution in [-0.4, -0.2) is 15.9 Å². The van der Waals surface area contributed by atoms with E-state index in [-0.39, 0.29) is 35.6 Å². The molecule has 31 heavy (non-hydrogen) atoms. The van der Waals surface area contributed by atoms with Gasteiger partial charge in [0.25, 0.3) is 0 Å². The summed E-state index contributed by atoms with van der Waals surface area (Å²) in [5.41, 5.74) is 2.24. The van der Waals surface area contributed by atoms with Gasteiger partial charge in [-0.25, -0.2) is 18.2 Å². The molecule has 1 aliphatic rings. The summed E-state index contributed by atoms with van der Waals surface area (Å²) in [4.78, 5) is 19.3. The van der Waals surface area contributed by atoms with Crippen molar-refractivity contribution in [3.63, 3.8) is 0 Å². The predicted molar refractivity (Wildman–Crippen MR) is 107 cm³/mol. The first-order valence-electron chi connectivity index (χ1n) is 9.91. The van der Waals surface area contributed by atoms with Gasteiger partial charge in [0.15, 0.2) is 6.39 Å². The topological polar surface area (TPSA) is 70.9 Å². The molecule has 0 radical (unpaired) electrons. The van der Waals surface area contributed by atoms with Gasteiger partial charge in [0.1, 0.15) is 23.2 Å². The second-order valence-corrected chi connectivity index (χ2v) is 7.78. The van der Waals surface area contributed by atoms with Gasteiger partial charge in [-0.05, 0) is 60.2 Å². The maximum absolute atomic E-state index is 14.4. The Kier molecular flexibility index (Phi) is 4.77. The number of oxazole rings is 1. The van der Waals surface area contributed by atoms with E-state index in [0.29, 0.717) is 35.2 Å². The minimum Gasteiger partial charge on any atom is -0.447 e. The van der Waals surface area contributed by atoms with Crippen LogP contribution in [0.15, 0.2) is 53.4 Å². The fourth-order valence-electron chi connectivity index (χ4n) is 4.22. The Labute approximate surface area is 175 Å². The molecule has 0 spiro atoms. The molecule has 2 heterocycles. The molecule has 5 rings (SSSR count). The first-order valence-corrected chi connectivity index (χ1v) is 9.91. The molecule has 158 valence electrons. The van der Waals surface area contributed by atoms with Crippen molar-refractivity contribution in [1.29, 1.82) is 0 Å². The number of amides is 1. The Morgan fingerprint density at radius 1 is 1.13 bits per heavy atom. The summed E-state index contributed by atoms with van der Waals surface area (Å²) in [6.45, 7) is 0.254. The highest BCUT2D eigenvalue weighted by molar-refractivity contribution is 5.92. The molecule has 1 aliphatic carbocycles. The molecule has 1 amide bonds. The molecule has 5 nitrogen and oxygen atoms in total. The Hall–Kier alpha value is -3.55. The molecule has 2 aromatic heterocycles. The zero-order valence-electron chi connectivity index (χ0n) is 16.3. The number of hydrogen-bond donors (Lipinski definition) is 2. The van der Waals surface area contributed by atoms with Crippen molar-refractivity contribution in [2.24, 2.45) is 5.92 Å². The lowest BCUT2D eigenvalue weighted by atomic mass is 9.70. The molecule has 8 heteroatoms. The van der Waals surface area contributed by atoms with Crippen LogP contribution < -0.4 is 5.32 Å². The molecule has 1 fully saturated rings. The van der Waals surface area contributed by atoms with Gasteiger partial charge < -0.3 is 14.7 Å². The Morgan fingerprint density at radius 3 is 2.61 bits per heavy atom. The first kappa shape index (κ1) is 19.4. The lowest BCUT2D eigenvalue weighted by Crippen LogP contribution is -2.37. The molecule has 0 bridgehead atoms. The van der Waals surface area contributed by atoms with Crippen LogP contribution in [0.3, 0.4) is 0 Å². The summed E-state index contributed by atoms with van der Waals surface area (Å²) >= 11 is 0. The van der Waals surface area contributed by atoms with E-state index in [2.05, 4.69) is 15.3 Å². The van der Waals surface area contributed by atoms with Crippen LogP contribution in [0.5, 0.6) is 0 Å². The van der Waals surface area contributed by atoms with Crippen molar-refractivity contribution in [2.75, 3.05) is 0 Å². The number of hydrogen-bond acceptors (Lipinski definition) is 3. The van der Waals surface area contributed by atoms with Gasteiger partial charge in [0.2, 0.25) is 5.91 Å². The Balaban J connectivity index is 1.43. The Bertz CT molecular complexity index is 1240. The normalized spacial score (nSPS) is 18.2. The number of aromatic nitrogens is 2. The SMILES string of the molecule is O=C(NCc1cnco1)[C@H]1C[C@H](c2c(-c3ccc(F)cc3)[nH]c3c(F)cc(F)cc32)C1. The summed E-state index contributed by atoms with van der Waals surface area (Å²) < 4.78 is 46.9. The average Bonchev–Trinajstić information content (AvgIpc) is 3.35. The van der Waals surface area contributed by atoms with E-state index in [1.54, 1.807) is 12.1 Å². The lowest BCUT2D eigenvalue weighted by Gasteiger charge is -2.35. The maximum Gasteiger partial charge on any atom is 0.223 e. The second-order valence-electron chi connectivity index (χ2n) is 7.78. The summed E-state index contributed by atoms with van der Waals surface area (Å²) in [6.07, 6.45) is 3.92. The number of rotatable bonds is 5. The number of benzene rings is 2. The highest BCUT2D eigenvalue weighted by Gasteiger charge is 2.38. The monoisotopic (exact) mass is 425 g/mol. The standard InChI is InChI=1S/C23H18F3N3O2/c24-15-3-1-12(2-4-15)21-20(18-7-16(25)8-19(26)22(18)29-21)13-5-14(6-13)23(30)28-10-17-9-27-11-31-17/h1-4,7-9,11,13-14,29H,5-6,10H2,(H,28,30)/t13-,14-. The molecule has 4 aromatic rings. The number of H-pyrrole nitrogens is 1. The number of aromatic amines is 1. The van der Waals surface area contributed by atoms with Crippen LogP contribution in [0.25, 0.3) is 22.2 Å². The van der Waals surface area contributed by atoms with Gasteiger partial charge in [-0.2, -0.15) is 0 Å². The number of carbonyl (C=O) groups is 1. The van der Waals surface area contributed by atoms with Crippen LogP contribution in [0, 0.1) is 23.4 Å². The van der Waals surface area contributed by atoms with Gasteiger partial charge >= 0.3 is 0 Å². The van der Waals surface area contributed by atoms with E-state index in [9.17, 15) is 18.0 Å². The van der Waals surface area contributed by atoms with E-state index in [1.807, 2.05) is 0 Å². The molecule has 0 aliphatic heterocycles. The van der Waals surface area contributed by atoms with E-state index < -0.39 is 11.6 Å². The number of carbonyl (C=O) groups excluding carboxylic acids is 1. The molecule has 0 unspecified atom stereocenters. The summed E-state index contributed by atoms with van der Waals surface area (Å²) in [7, 11) is 0. The van der Waals surface area contributed by atoms with Gasteiger partial charge in [-0.15, -0.1) is 0 Å². The van der Waals surface area contributed by atoms with Crippen LogP contribution in [-0.2, 0) is 11.3 Å². The van der Waals surface area contributed by atoms with Crippen molar-refractivity contribution >= 4 is 16.8 Å². The third-order valence-corrected chi connectivity index (χ3v) is 5.83. The van der Waals surface area contributed by atoms with Crippen LogP contribution in [0.2, 0.25) is 0 Å². The summed E-state index contributed by atoms with van der Waals surface area (Å²) in [6, 6.07) is 7.96. The van der Waals surface area contributed by atoms with Gasteiger partial charge in [0.05, 0.1) is 24.0 Å². The molecule has 0 saturated heterocycles. The third-order valence-electron chi connectivity index (χ3n) is 5.83.